The van der Waals surface area contributed by atoms with Crippen LogP contribution in [-0.4, -0.2) is 23.0 Å². The highest BCUT2D eigenvalue weighted by Crippen LogP contribution is 2.45. The van der Waals surface area contributed by atoms with Gasteiger partial charge >= 0.3 is 5.97 Å². The van der Waals surface area contributed by atoms with E-state index in [1.165, 1.54) is 0 Å². The molecule has 1 amide bonds. The van der Waals surface area contributed by atoms with Gasteiger partial charge in [0.05, 0.1) is 16.5 Å². The van der Waals surface area contributed by atoms with Crippen molar-refractivity contribution in [3.8, 4) is 0 Å². The number of carbonyl (C=O) groups is 2. The third-order valence-corrected chi connectivity index (χ3v) is 3.92. The lowest BCUT2D eigenvalue weighted by molar-refractivity contribution is -0.138. The van der Waals surface area contributed by atoms with E-state index >= 15 is 0 Å². The molecule has 0 aromatic heterocycles. The molecule has 19 heavy (non-hydrogen) atoms. The van der Waals surface area contributed by atoms with Gasteiger partial charge in [-0.2, -0.15) is 0 Å². The van der Waals surface area contributed by atoms with E-state index in [1.54, 1.807) is 6.07 Å². The second-order valence-corrected chi connectivity index (χ2v) is 5.34. The largest absolute Gasteiger partial charge is 0.481 e. The number of amides is 1. The van der Waals surface area contributed by atoms with Crippen molar-refractivity contribution in [1.29, 1.82) is 0 Å². The Labute approximate surface area is 120 Å². The van der Waals surface area contributed by atoms with Gasteiger partial charge in [0.1, 0.15) is 0 Å². The molecule has 4 nitrogen and oxygen atoms in total. The molecule has 0 spiro atoms. The molecule has 1 fully saturated rings. The van der Waals surface area contributed by atoms with Crippen molar-refractivity contribution in [3.05, 3.63) is 33.8 Å². The maximum atomic E-state index is 11.5. The van der Waals surface area contributed by atoms with Crippen LogP contribution in [0.5, 0.6) is 0 Å². The van der Waals surface area contributed by atoms with Crippen LogP contribution in [0.2, 0.25) is 10.0 Å². The average Bonchev–Trinajstić information content (AvgIpc) is 3.09. The minimum Gasteiger partial charge on any atom is -0.481 e. The van der Waals surface area contributed by atoms with Crippen LogP contribution in [0.15, 0.2) is 18.2 Å². The van der Waals surface area contributed by atoms with Crippen LogP contribution >= 0.6 is 23.2 Å². The molecule has 2 rings (SSSR count). The monoisotopic (exact) mass is 301 g/mol. The molecule has 0 aliphatic heterocycles. The fourth-order valence-electron chi connectivity index (χ4n) is 2.00. The smallest absolute Gasteiger partial charge is 0.303 e. The van der Waals surface area contributed by atoms with Gasteiger partial charge in [-0.15, -0.1) is 0 Å². The Bertz CT molecular complexity index is 519. The molecule has 0 radical (unpaired) electrons. The maximum Gasteiger partial charge on any atom is 0.303 e. The predicted molar refractivity (Wildman–Crippen MR) is 72.6 cm³/mol. The molecular weight excluding hydrogens is 289 g/mol. The highest BCUT2D eigenvalue weighted by molar-refractivity contribution is 6.42. The van der Waals surface area contributed by atoms with Gasteiger partial charge in [-0.1, -0.05) is 35.3 Å². The molecule has 0 saturated heterocycles. The van der Waals surface area contributed by atoms with E-state index in [1.807, 2.05) is 12.1 Å². The van der Waals surface area contributed by atoms with Crippen molar-refractivity contribution in [2.45, 2.75) is 31.2 Å². The van der Waals surface area contributed by atoms with Crippen molar-refractivity contribution in [1.82, 2.24) is 5.32 Å². The minimum atomic E-state index is -0.972. The fraction of sp³-hybridized carbons (Fsp3) is 0.385. The number of carbonyl (C=O) groups excluding carboxylic acids is 1. The quantitative estimate of drug-likeness (QED) is 0.879. The lowest BCUT2D eigenvalue weighted by atomic mass is 10.1. The number of aliphatic carboxylic acids is 1. The van der Waals surface area contributed by atoms with Crippen molar-refractivity contribution in [2.75, 3.05) is 0 Å². The zero-order valence-corrected chi connectivity index (χ0v) is 11.5. The molecule has 1 aromatic rings. The third-order valence-electron chi connectivity index (χ3n) is 3.08. The van der Waals surface area contributed by atoms with Gasteiger partial charge in [0.25, 0.3) is 0 Å². The minimum absolute atomic E-state index is 0.00182. The normalized spacial score (nSPS) is 20.9. The molecule has 2 atom stereocenters. The van der Waals surface area contributed by atoms with Gasteiger partial charge in [0.2, 0.25) is 5.91 Å². The summed E-state index contributed by atoms with van der Waals surface area (Å²) in [5.74, 6) is -1.05. The summed E-state index contributed by atoms with van der Waals surface area (Å²) in [6, 6.07) is 5.46. The Morgan fingerprint density at radius 3 is 2.74 bits per heavy atom. The molecular formula is C13H13Cl2NO3. The second-order valence-electron chi connectivity index (χ2n) is 4.55. The van der Waals surface area contributed by atoms with E-state index in [0.29, 0.717) is 10.0 Å². The molecule has 1 aromatic carbocycles. The lowest BCUT2D eigenvalue weighted by Gasteiger charge is -2.06. The SMILES string of the molecule is O=C(O)CCC(=O)N[C@@H]1C[C@H]1c1cccc(Cl)c1Cl. The van der Waals surface area contributed by atoms with Crippen LogP contribution in [0.4, 0.5) is 0 Å². The number of benzene rings is 1. The molecule has 0 unspecified atom stereocenters. The van der Waals surface area contributed by atoms with Crippen molar-refractivity contribution < 1.29 is 14.7 Å². The zero-order valence-electron chi connectivity index (χ0n) is 10.0. The van der Waals surface area contributed by atoms with E-state index < -0.39 is 5.97 Å². The van der Waals surface area contributed by atoms with Crippen molar-refractivity contribution >= 4 is 35.1 Å². The van der Waals surface area contributed by atoms with E-state index in [2.05, 4.69) is 5.32 Å². The highest BCUT2D eigenvalue weighted by Gasteiger charge is 2.40. The Balaban J connectivity index is 1.89. The number of hydrogen-bond donors (Lipinski definition) is 2. The average molecular weight is 302 g/mol. The number of rotatable bonds is 5. The second kappa shape index (κ2) is 5.80. The molecule has 0 heterocycles. The summed E-state index contributed by atoms with van der Waals surface area (Å²) in [4.78, 5) is 21.9. The molecule has 1 aliphatic rings. The number of carboxylic acids is 1. The van der Waals surface area contributed by atoms with E-state index in [0.717, 1.165) is 12.0 Å². The molecule has 6 heteroatoms. The number of nitrogens with one attached hydrogen (secondary N) is 1. The Morgan fingerprint density at radius 2 is 2.05 bits per heavy atom. The van der Waals surface area contributed by atoms with Crippen LogP contribution in [0.25, 0.3) is 0 Å². The summed E-state index contributed by atoms with van der Waals surface area (Å²) in [6.45, 7) is 0. The molecule has 0 bridgehead atoms. The standard InChI is InChI=1S/C13H13Cl2NO3/c14-9-3-1-2-7(13(9)15)8-6-10(8)16-11(17)4-5-12(18)19/h1-3,8,10H,4-6H2,(H,16,17)(H,18,19)/t8-,10+/m0/s1. The summed E-state index contributed by atoms with van der Waals surface area (Å²) in [5, 5.41) is 12.3. The van der Waals surface area contributed by atoms with Crippen LogP contribution < -0.4 is 5.32 Å². The summed E-state index contributed by atoms with van der Waals surface area (Å²) >= 11 is 12.0. The number of carboxylic acid groups (broad SMARTS) is 1. The van der Waals surface area contributed by atoms with E-state index in [9.17, 15) is 9.59 Å². The molecule has 102 valence electrons. The topological polar surface area (TPSA) is 66.4 Å². The lowest BCUT2D eigenvalue weighted by Crippen LogP contribution is -2.26. The Kier molecular flexibility index (Phi) is 4.32. The van der Waals surface area contributed by atoms with E-state index in [-0.39, 0.29) is 30.7 Å². The first-order valence-corrected chi connectivity index (χ1v) is 6.69. The van der Waals surface area contributed by atoms with Gasteiger partial charge in [-0.25, -0.2) is 0 Å². The van der Waals surface area contributed by atoms with Gasteiger partial charge in [0, 0.05) is 18.4 Å². The van der Waals surface area contributed by atoms with E-state index in [4.69, 9.17) is 28.3 Å². The first kappa shape index (κ1) is 14.2. The van der Waals surface area contributed by atoms with Crippen LogP contribution in [0.3, 0.4) is 0 Å². The summed E-state index contributed by atoms with van der Waals surface area (Å²) in [5.41, 5.74) is 0.928. The van der Waals surface area contributed by atoms with Gasteiger partial charge < -0.3 is 10.4 Å². The Hall–Kier alpha value is -1.26. The number of halogens is 2. The van der Waals surface area contributed by atoms with Crippen LogP contribution in [-0.2, 0) is 9.59 Å². The van der Waals surface area contributed by atoms with Crippen LogP contribution in [0, 0.1) is 0 Å². The highest BCUT2D eigenvalue weighted by atomic mass is 35.5. The van der Waals surface area contributed by atoms with Gasteiger partial charge in [-0.05, 0) is 18.1 Å². The summed E-state index contributed by atoms with van der Waals surface area (Å²) in [6.07, 6.45) is 0.655. The molecule has 2 N–H and O–H groups in total. The molecule has 1 aliphatic carbocycles. The predicted octanol–water partition coefficient (Wildman–Crippen LogP) is 2.83. The summed E-state index contributed by atoms with van der Waals surface area (Å²) in [7, 11) is 0. The first-order chi connectivity index (χ1) is 8.99. The maximum absolute atomic E-state index is 11.5. The summed E-state index contributed by atoms with van der Waals surface area (Å²) < 4.78 is 0. The van der Waals surface area contributed by atoms with Crippen LogP contribution in [0.1, 0.15) is 30.7 Å². The first-order valence-electron chi connectivity index (χ1n) is 5.94. The Morgan fingerprint density at radius 1 is 1.32 bits per heavy atom. The fourth-order valence-corrected chi connectivity index (χ4v) is 2.45. The third kappa shape index (κ3) is 3.61. The van der Waals surface area contributed by atoms with Crippen molar-refractivity contribution in [3.63, 3.8) is 0 Å². The number of hydrogen-bond acceptors (Lipinski definition) is 2. The van der Waals surface area contributed by atoms with Gasteiger partial charge in [0.15, 0.2) is 0 Å². The van der Waals surface area contributed by atoms with Gasteiger partial charge in [-0.3, -0.25) is 9.59 Å². The molecule has 1 saturated carbocycles. The van der Waals surface area contributed by atoms with Crippen molar-refractivity contribution in [2.24, 2.45) is 0 Å². The zero-order chi connectivity index (χ0) is 14.0.